The molecule has 18 heavy (non-hydrogen) atoms. The fourth-order valence-corrected chi connectivity index (χ4v) is 2.68. The average molecular weight is 271 g/mol. The van der Waals surface area contributed by atoms with E-state index >= 15 is 0 Å². The van der Waals surface area contributed by atoms with Gasteiger partial charge in [0, 0.05) is 22.9 Å². The van der Waals surface area contributed by atoms with Gasteiger partial charge in [-0.1, -0.05) is 0 Å². The number of nitrogens with two attached hydrogens (primary N) is 1. The van der Waals surface area contributed by atoms with Crippen molar-refractivity contribution >= 4 is 11.3 Å². The first-order chi connectivity index (χ1) is 8.35. The number of rotatable bonds is 7. The van der Waals surface area contributed by atoms with E-state index < -0.39 is 0 Å². The molecule has 0 amide bonds. The molecule has 1 aromatic rings. The third-order valence-corrected chi connectivity index (χ3v) is 4.14. The number of thiophene rings is 1. The summed E-state index contributed by atoms with van der Waals surface area (Å²) in [6.45, 7) is 8.87. The van der Waals surface area contributed by atoms with Gasteiger partial charge in [0.2, 0.25) is 0 Å². The predicted molar refractivity (Wildman–Crippen MR) is 77.1 cm³/mol. The molecule has 2 atom stereocenters. The van der Waals surface area contributed by atoms with E-state index in [-0.39, 0.29) is 17.7 Å². The molecule has 0 spiro atoms. The van der Waals surface area contributed by atoms with Crippen LogP contribution in [0.3, 0.4) is 0 Å². The molecule has 3 nitrogen and oxygen atoms in total. The molecule has 0 radical (unpaired) electrons. The number of hydrogen-bond acceptors (Lipinski definition) is 4. The van der Waals surface area contributed by atoms with Gasteiger partial charge in [0.25, 0.3) is 0 Å². The van der Waals surface area contributed by atoms with Gasteiger partial charge in [0.05, 0.1) is 12.2 Å². The zero-order chi connectivity index (χ0) is 13.8. The van der Waals surface area contributed by atoms with Crippen LogP contribution in [0, 0.1) is 6.92 Å². The lowest BCUT2D eigenvalue weighted by Gasteiger charge is -2.25. The minimum atomic E-state index is -0.145. The molecular formula is C14H25NO2S. The maximum absolute atomic E-state index is 6.01. The largest absolute Gasteiger partial charge is 0.379 e. The zero-order valence-corrected chi connectivity index (χ0v) is 12.8. The molecule has 0 fully saturated rings. The van der Waals surface area contributed by atoms with Crippen LogP contribution in [-0.4, -0.2) is 25.4 Å². The van der Waals surface area contributed by atoms with Crippen molar-refractivity contribution in [2.24, 2.45) is 5.73 Å². The van der Waals surface area contributed by atoms with Crippen molar-refractivity contribution in [2.75, 3.05) is 13.7 Å². The average Bonchev–Trinajstić information content (AvgIpc) is 2.70. The van der Waals surface area contributed by atoms with E-state index in [1.807, 2.05) is 6.92 Å². The molecule has 0 aliphatic carbocycles. The van der Waals surface area contributed by atoms with E-state index in [1.165, 1.54) is 9.75 Å². The van der Waals surface area contributed by atoms with E-state index in [0.29, 0.717) is 6.61 Å². The first-order valence-corrected chi connectivity index (χ1v) is 7.16. The Kier molecular flexibility index (Phi) is 5.79. The second kappa shape index (κ2) is 6.66. The molecule has 0 saturated heterocycles. The highest BCUT2D eigenvalue weighted by Crippen LogP contribution is 2.28. The molecule has 2 N–H and O–H groups in total. The molecule has 4 heteroatoms. The third kappa shape index (κ3) is 4.69. The highest BCUT2D eigenvalue weighted by molar-refractivity contribution is 7.12. The Morgan fingerprint density at radius 1 is 1.39 bits per heavy atom. The summed E-state index contributed by atoms with van der Waals surface area (Å²) in [5, 5.41) is 0. The summed E-state index contributed by atoms with van der Waals surface area (Å²) in [6, 6.07) is 4.21. The van der Waals surface area contributed by atoms with Crippen molar-refractivity contribution in [3.8, 4) is 0 Å². The summed E-state index contributed by atoms with van der Waals surface area (Å²) in [7, 11) is 1.73. The van der Waals surface area contributed by atoms with Gasteiger partial charge in [0.15, 0.2) is 0 Å². The molecule has 0 aliphatic heterocycles. The Balaban J connectivity index is 2.55. The molecule has 0 bridgehead atoms. The summed E-state index contributed by atoms with van der Waals surface area (Å²) in [5.41, 5.74) is 5.87. The van der Waals surface area contributed by atoms with Crippen molar-refractivity contribution < 1.29 is 9.47 Å². The SMILES string of the molecule is COC(C)(C)CCOC(c1ccc(C)s1)C(C)N. The predicted octanol–water partition coefficient (Wildman–Crippen LogP) is 3.28. The summed E-state index contributed by atoms with van der Waals surface area (Å²) in [4.78, 5) is 2.49. The summed E-state index contributed by atoms with van der Waals surface area (Å²) in [5.74, 6) is 0. The first-order valence-electron chi connectivity index (χ1n) is 6.34. The van der Waals surface area contributed by atoms with Crippen molar-refractivity contribution in [3.63, 3.8) is 0 Å². The molecule has 0 aliphatic rings. The highest BCUT2D eigenvalue weighted by Gasteiger charge is 2.21. The lowest BCUT2D eigenvalue weighted by molar-refractivity contribution is -0.0309. The van der Waals surface area contributed by atoms with Crippen molar-refractivity contribution in [3.05, 3.63) is 21.9 Å². The quantitative estimate of drug-likeness (QED) is 0.827. The van der Waals surface area contributed by atoms with Crippen molar-refractivity contribution in [2.45, 2.75) is 51.9 Å². The molecule has 104 valence electrons. The monoisotopic (exact) mass is 271 g/mol. The summed E-state index contributed by atoms with van der Waals surface area (Å²) < 4.78 is 11.3. The van der Waals surface area contributed by atoms with Gasteiger partial charge >= 0.3 is 0 Å². The van der Waals surface area contributed by atoms with Gasteiger partial charge in [-0.15, -0.1) is 11.3 Å². The van der Waals surface area contributed by atoms with E-state index in [4.69, 9.17) is 15.2 Å². The van der Waals surface area contributed by atoms with Crippen LogP contribution >= 0.6 is 11.3 Å². The number of methoxy groups -OCH3 is 1. The Bertz CT molecular complexity index is 360. The van der Waals surface area contributed by atoms with Gasteiger partial charge < -0.3 is 15.2 Å². The van der Waals surface area contributed by atoms with Crippen LogP contribution in [0.4, 0.5) is 0 Å². The summed E-state index contributed by atoms with van der Waals surface area (Å²) in [6.07, 6.45) is 0.841. The second-order valence-corrected chi connectivity index (χ2v) is 6.63. The van der Waals surface area contributed by atoms with Gasteiger partial charge in [-0.2, -0.15) is 0 Å². The van der Waals surface area contributed by atoms with Gasteiger partial charge in [0.1, 0.15) is 6.10 Å². The molecule has 1 rings (SSSR count). The Labute approximate surface area is 114 Å². The topological polar surface area (TPSA) is 44.5 Å². The van der Waals surface area contributed by atoms with Crippen LogP contribution < -0.4 is 5.73 Å². The van der Waals surface area contributed by atoms with Crippen LogP contribution in [0.25, 0.3) is 0 Å². The van der Waals surface area contributed by atoms with Gasteiger partial charge in [-0.05, 0) is 46.2 Å². The van der Waals surface area contributed by atoms with E-state index in [2.05, 4.69) is 32.9 Å². The lowest BCUT2D eigenvalue weighted by Crippen LogP contribution is -2.29. The molecular weight excluding hydrogens is 246 g/mol. The maximum atomic E-state index is 6.01. The van der Waals surface area contributed by atoms with Crippen molar-refractivity contribution in [1.29, 1.82) is 0 Å². The second-order valence-electron chi connectivity index (χ2n) is 5.31. The van der Waals surface area contributed by atoms with Crippen LogP contribution in [-0.2, 0) is 9.47 Å². The van der Waals surface area contributed by atoms with Crippen LogP contribution in [0.15, 0.2) is 12.1 Å². The molecule has 1 heterocycles. The van der Waals surface area contributed by atoms with E-state index in [9.17, 15) is 0 Å². The maximum Gasteiger partial charge on any atom is 0.106 e. The Morgan fingerprint density at radius 2 is 2.06 bits per heavy atom. The van der Waals surface area contributed by atoms with Crippen LogP contribution in [0.5, 0.6) is 0 Å². The Hall–Kier alpha value is -0.420. The van der Waals surface area contributed by atoms with Gasteiger partial charge in [-0.3, -0.25) is 0 Å². The first kappa shape index (κ1) is 15.6. The van der Waals surface area contributed by atoms with Gasteiger partial charge in [-0.25, -0.2) is 0 Å². The number of aryl methyl sites for hydroxylation is 1. The highest BCUT2D eigenvalue weighted by atomic mass is 32.1. The molecule has 0 saturated carbocycles. The standard InChI is InChI=1S/C14H25NO2S/c1-10-6-7-12(18-10)13(11(2)15)17-9-8-14(3,4)16-5/h6-7,11,13H,8-9,15H2,1-5H3. The number of hydrogen-bond donors (Lipinski definition) is 1. The van der Waals surface area contributed by atoms with E-state index in [1.54, 1.807) is 18.4 Å². The normalized spacial score (nSPS) is 15.7. The number of ether oxygens (including phenoxy) is 2. The lowest BCUT2D eigenvalue weighted by atomic mass is 10.1. The minimum absolute atomic E-state index is 0.00583. The van der Waals surface area contributed by atoms with Crippen LogP contribution in [0.1, 0.15) is 43.1 Å². The zero-order valence-electron chi connectivity index (χ0n) is 12.0. The molecule has 1 aromatic heterocycles. The van der Waals surface area contributed by atoms with Crippen molar-refractivity contribution in [1.82, 2.24) is 0 Å². The fraction of sp³-hybridized carbons (Fsp3) is 0.714. The third-order valence-electron chi connectivity index (χ3n) is 3.07. The summed E-state index contributed by atoms with van der Waals surface area (Å²) >= 11 is 1.75. The fourth-order valence-electron chi connectivity index (χ4n) is 1.63. The van der Waals surface area contributed by atoms with E-state index in [0.717, 1.165) is 6.42 Å². The Morgan fingerprint density at radius 3 is 2.50 bits per heavy atom. The minimum Gasteiger partial charge on any atom is -0.379 e. The molecule has 2 unspecified atom stereocenters. The van der Waals surface area contributed by atoms with Crippen LogP contribution in [0.2, 0.25) is 0 Å². The smallest absolute Gasteiger partial charge is 0.106 e. The molecule has 0 aromatic carbocycles.